The summed E-state index contributed by atoms with van der Waals surface area (Å²) in [6, 6.07) is 58.3. The van der Waals surface area contributed by atoms with E-state index in [9.17, 15) is 73.7 Å². The largest absolute Gasteiger partial charge is 0.493 e. The Hall–Kier alpha value is -12.3. The van der Waals surface area contributed by atoms with Crippen molar-refractivity contribution in [3.05, 3.63) is 343 Å². The summed E-state index contributed by atoms with van der Waals surface area (Å²) in [5.74, 6) is -5.79. The van der Waals surface area contributed by atoms with Gasteiger partial charge in [0.05, 0.1) is 25.9 Å². The highest BCUT2D eigenvalue weighted by Crippen LogP contribution is 2.64. The molecule has 10 N–H and O–H groups in total. The van der Waals surface area contributed by atoms with Gasteiger partial charge in [-0.3, -0.25) is 29.0 Å². The summed E-state index contributed by atoms with van der Waals surface area (Å²) in [6.45, 7) is 9.39. The van der Waals surface area contributed by atoms with Crippen molar-refractivity contribution in [1.29, 1.82) is 0 Å². The van der Waals surface area contributed by atoms with Gasteiger partial charge in [0.15, 0.2) is 15.7 Å². The van der Waals surface area contributed by atoms with Crippen LogP contribution in [0.4, 0.5) is 39.5 Å². The van der Waals surface area contributed by atoms with Gasteiger partial charge >= 0.3 is 0 Å². The molecule has 0 saturated heterocycles. The maximum Gasteiger partial charge on any atom is 0.241 e. The summed E-state index contributed by atoms with van der Waals surface area (Å²) in [7, 11) is 4.05. The molecule has 0 aromatic heterocycles. The zero-order chi connectivity index (χ0) is 104. The molecule has 764 valence electrons. The molecular formula is C107H109F9N16O9S5. The fraction of sp³-hybridized carbons (Fsp3) is 0.336. The van der Waals surface area contributed by atoms with Crippen LogP contribution >= 0.6 is 58.8 Å². The number of para-hydroxylation sites is 2. The van der Waals surface area contributed by atoms with Crippen LogP contribution in [-0.4, -0.2) is 167 Å². The van der Waals surface area contributed by atoms with Gasteiger partial charge in [-0.05, 0) is 246 Å². The smallest absolute Gasteiger partial charge is 0.241 e. The third-order valence-corrected chi connectivity index (χ3v) is 34.9. The van der Waals surface area contributed by atoms with E-state index in [-0.39, 0.29) is 111 Å². The normalized spacial score (nSPS) is 23.3. The Morgan fingerprint density at radius 1 is 0.390 bits per heavy atom. The first-order valence-electron chi connectivity index (χ1n) is 47.6. The number of ether oxygens (including phenoxy) is 2. The summed E-state index contributed by atoms with van der Waals surface area (Å²) in [4.78, 5) is 65.2. The van der Waals surface area contributed by atoms with Crippen LogP contribution in [0.15, 0.2) is 249 Å². The molecule has 146 heavy (non-hydrogen) atoms. The van der Waals surface area contributed by atoms with Crippen molar-refractivity contribution in [3.63, 3.8) is 0 Å². The van der Waals surface area contributed by atoms with E-state index in [4.69, 9.17) is 32.4 Å². The van der Waals surface area contributed by atoms with Gasteiger partial charge in [-0.15, -0.1) is 0 Å². The fourth-order valence-corrected chi connectivity index (χ4v) is 28.9. The van der Waals surface area contributed by atoms with Crippen LogP contribution in [0.3, 0.4) is 0 Å². The number of fused-ring (bicyclic) bond motifs is 10. The third kappa shape index (κ3) is 20.8. The first kappa shape index (κ1) is 106. The molecule has 7 aliphatic heterocycles. The molecule has 7 heterocycles. The Kier molecular flexibility index (Phi) is 32.9. The Labute approximate surface area is 860 Å². The van der Waals surface area contributed by atoms with Gasteiger partial charge in [0.25, 0.3) is 0 Å². The number of rotatable bonds is 18. The summed E-state index contributed by atoms with van der Waals surface area (Å²) in [5.41, 5.74) is 31.5. The monoisotopic (exact) mass is 2090 g/mol. The first-order chi connectivity index (χ1) is 70.1. The summed E-state index contributed by atoms with van der Waals surface area (Å²) >= 11 is 6.58. The number of thioether (sulfide) groups is 5. The maximum atomic E-state index is 14.6. The summed E-state index contributed by atoms with van der Waals surface area (Å²) in [5, 5.41) is 50.8. The summed E-state index contributed by atoms with van der Waals surface area (Å²) in [6.07, 6.45) is 7.39. The van der Waals surface area contributed by atoms with Gasteiger partial charge in [-0.2, -0.15) is 25.5 Å². The number of aryl methyl sites for hydroxylation is 3. The number of aliphatic hydroxyl groups excluding tert-OH is 2. The van der Waals surface area contributed by atoms with E-state index in [1.54, 1.807) is 47.5 Å². The van der Waals surface area contributed by atoms with Crippen LogP contribution in [0.25, 0.3) is 0 Å². The van der Waals surface area contributed by atoms with E-state index in [2.05, 4.69) is 59.7 Å². The molecule has 5 amide bonds. The number of benzene rings is 10. The lowest BCUT2D eigenvalue weighted by molar-refractivity contribution is -0.136. The third-order valence-electron chi connectivity index (χ3n) is 27.2. The fourth-order valence-electron chi connectivity index (χ4n) is 20.8. The highest BCUT2D eigenvalue weighted by atomic mass is 32.2. The molecule has 10 aromatic rings. The number of guanidine groups is 1. The van der Waals surface area contributed by atoms with E-state index in [1.807, 2.05) is 86.9 Å². The number of nitrogens with two attached hydrogens (primary N) is 4. The van der Waals surface area contributed by atoms with Gasteiger partial charge in [-0.25, -0.2) is 64.6 Å². The number of carbonyl (C=O) groups excluding carboxylic acids is 5. The van der Waals surface area contributed by atoms with Crippen molar-refractivity contribution in [2.24, 2.45) is 83.0 Å². The van der Waals surface area contributed by atoms with Crippen LogP contribution in [0.5, 0.6) is 11.5 Å². The Morgan fingerprint density at radius 2 is 0.699 bits per heavy atom. The van der Waals surface area contributed by atoms with Gasteiger partial charge in [0.2, 0.25) is 29.5 Å². The van der Waals surface area contributed by atoms with Crippen LogP contribution in [0.2, 0.25) is 0 Å². The van der Waals surface area contributed by atoms with E-state index in [0.717, 1.165) is 165 Å². The number of amides is 5. The molecular weight excluding hydrogens is 1980 g/mol. The molecule has 0 radical (unpaired) electrons. The van der Waals surface area contributed by atoms with Gasteiger partial charge in [0.1, 0.15) is 104 Å². The zero-order valence-corrected chi connectivity index (χ0v) is 84.9. The maximum absolute atomic E-state index is 14.6. The Balaban J connectivity index is 0.000000131. The molecule has 0 saturated carbocycles. The molecule has 11 atom stereocenters. The van der Waals surface area contributed by atoms with Crippen molar-refractivity contribution in [1.82, 2.24) is 29.9 Å². The van der Waals surface area contributed by atoms with Gasteiger partial charge < -0.3 is 47.5 Å². The zero-order valence-electron chi connectivity index (χ0n) is 80.8. The Bertz CT molecular complexity index is 6850. The number of aliphatic hydroxyl groups is 2. The molecule has 25 nitrogen and oxygen atoms in total. The molecule has 0 bridgehead atoms. The second-order valence-corrected chi connectivity index (χ2v) is 42.8. The lowest BCUT2D eigenvalue weighted by Crippen LogP contribution is -2.51. The minimum atomic E-state index is -1.13. The van der Waals surface area contributed by atoms with Crippen molar-refractivity contribution in [2.45, 2.75) is 136 Å². The second-order valence-electron chi connectivity index (χ2n) is 36.7. The molecule has 5 spiro atoms. The quantitative estimate of drug-likeness (QED) is 0.0264. The van der Waals surface area contributed by atoms with E-state index in [1.165, 1.54) is 131 Å². The Morgan fingerprint density at radius 3 is 1.05 bits per heavy atom. The topological polar surface area (TPSA) is 342 Å². The van der Waals surface area contributed by atoms with Gasteiger partial charge in [-0.1, -0.05) is 180 Å². The van der Waals surface area contributed by atoms with Crippen molar-refractivity contribution in [3.8, 4) is 11.5 Å². The number of aliphatic imine (C=N–C) groups is 1. The first-order valence-corrected chi connectivity index (χ1v) is 51.7. The lowest BCUT2D eigenvalue weighted by Gasteiger charge is -2.46. The predicted molar refractivity (Wildman–Crippen MR) is 553 cm³/mol. The van der Waals surface area contributed by atoms with Crippen molar-refractivity contribution in [2.75, 3.05) is 60.1 Å². The van der Waals surface area contributed by atoms with E-state index in [0.29, 0.717) is 63.8 Å². The molecule has 3 aliphatic carbocycles. The number of nitrogens with zero attached hydrogens (tertiary/aromatic N) is 12. The minimum absolute atomic E-state index is 0.0000661. The predicted octanol–water partition coefficient (Wildman–Crippen LogP) is 18.0. The number of halogens is 9. The number of hydrogen-bond acceptors (Lipinski definition) is 23. The average Bonchev–Trinajstić information content (AvgIpc) is 1.58. The summed E-state index contributed by atoms with van der Waals surface area (Å²) < 4.78 is 139. The standard InChI is InChI=1S/C23H25F2N3OS.C21H21F2N5O2S.C21H21F2N3OS.C21H20F2N2O4S.C21H22FN3OS/c1-15(29)28-23(30-22(26-28)19-14-18(24)10-11-21(19)25)17(12-13-27(2)3)9-8-16-6-4-5-7-20(16)23;1-12(29)28-21(31-19(27-28)15-10-14(22)6-7-17(15)23)13(8-9-26-20(24)25)11-30-18-5-3-2-4-16(18)21;1-13(27)26-21(28-20(25-26)17-9-8-16(22)12-19(17)23)15(10-11-24)7-6-14-4-2-3-5-18(14)21;1-12(27)25-21(30-20(24-25)16-9-14(22)6-7-18(16)23)13(8-15(28)10-26)11-29-19-5-3-2-4-17(19)21;1-14(26)25-21(27-20(24-25)17-7-3-5-9-19(17)22)16(12-13-23)11-10-15-6-2-4-8-18(15)21/h4-7,10-11,14,17H,8-9,12-13H2,1-3H3;2-7,10,13H,8-9,11H2,1H3,(H4,24,25,26);2-5,8-9,12,15H,6-7,10-11,24H2,1H3;2-7,9,13,15,26,28H,8,10-11H2,1H3;2-9,16H,10-13,23H2,1H3/t;;15-,21-;;16-,21-/m..0.0/s1. The van der Waals surface area contributed by atoms with Crippen LogP contribution in [-0.2, 0) is 67.6 Å². The highest BCUT2D eigenvalue weighted by molar-refractivity contribution is 8.16. The minimum Gasteiger partial charge on any atom is -0.493 e. The van der Waals surface area contributed by atoms with Crippen LogP contribution < -0.4 is 32.4 Å². The molecule has 0 fully saturated rings. The molecule has 10 aliphatic rings. The van der Waals surface area contributed by atoms with E-state index < -0.39 is 95.4 Å². The van der Waals surface area contributed by atoms with E-state index >= 15 is 0 Å². The lowest BCUT2D eigenvalue weighted by atomic mass is 9.77. The van der Waals surface area contributed by atoms with Crippen molar-refractivity contribution >= 4 is 120 Å². The number of carbonyl (C=O) groups is 5. The SMILES string of the molecule is CC(=O)N1N=C(c2cc(F)ccc2F)SC12c1ccccc1CCC2CCN(C)C.CC(=O)N1N=C(c2cc(F)ccc2F)SC12c1ccccc1OCC2CC(O)CO.CC(=O)N1N=C(c2cc(F)ccc2F)SC12c1ccccc1OCC2CCN=C(N)N.CC(=O)N1N=C(c2ccc(F)cc2F)S[C@@]12c1ccccc1CC[C@H]2CCN.CC(=O)N1N=C(c2ccccc2F)S[C@@]12c1ccccc1CC[C@H]2CCN. The van der Waals surface area contributed by atoms with Crippen molar-refractivity contribution < 1.29 is 83.2 Å². The highest BCUT2D eigenvalue weighted by Gasteiger charge is 2.62. The molecule has 10 aromatic carbocycles. The second kappa shape index (κ2) is 45.2. The number of hydrogen-bond donors (Lipinski definition) is 6. The molecule has 7 unspecified atom stereocenters. The number of hydrazone groups is 5. The average molecular weight is 2090 g/mol. The van der Waals surface area contributed by atoms with Crippen LogP contribution in [0.1, 0.15) is 158 Å². The van der Waals surface area contributed by atoms with Gasteiger partial charge in [0, 0.05) is 98.0 Å². The molecule has 39 heteroatoms. The van der Waals surface area contributed by atoms with Crippen LogP contribution in [0, 0.1) is 81.9 Å². The molecule has 20 rings (SSSR count).